The zero-order chi connectivity index (χ0) is 14.0. The number of rotatable bonds is 5. The Morgan fingerprint density at radius 2 is 1.79 bits per heavy atom. The summed E-state index contributed by atoms with van der Waals surface area (Å²) >= 11 is 4.54. The van der Waals surface area contributed by atoms with Gasteiger partial charge in [0.15, 0.2) is 11.5 Å². The van der Waals surface area contributed by atoms with Gasteiger partial charge in [-0.2, -0.15) is 0 Å². The molecule has 0 aliphatic heterocycles. The highest BCUT2D eigenvalue weighted by Gasteiger charge is 2.24. The fraction of sp³-hybridized carbons (Fsp3) is 0.385. The lowest BCUT2D eigenvalue weighted by Gasteiger charge is -2.10. The molecule has 0 fully saturated rings. The van der Waals surface area contributed by atoms with Gasteiger partial charge >= 0.3 is 0 Å². The summed E-state index contributed by atoms with van der Waals surface area (Å²) in [5.41, 5.74) is 1.85. The van der Waals surface area contributed by atoms with E-state index in [1.54, 1.807) is 0 Å². The monoisotopic (exact) mass is 484 g/mol. The van der Waals surface area contributed by atoms with Gasteiger partial charge in [-0.05, 0) is 65.5 Å². The van der Waals surface area contributed by atoms with Crippen LogP contribution in [-0.4, -0.2) is 10.3 Å². The van der Waals surface area contributed by atoms with Gasteiger partial charge in [-0.15, -0.1) is 6.58 Å². The predicted octanol–water partition coefficient (Wildman–Crippen LogP) is 4.39. The molecule has 2 aromatic rings. The summed E-state index contributed by atoms with van der Waals surface area (Å²) in [5, 5.41) is 8.02. The Morgan fingerprint density at radius 3 is 2.26 bits per heavy atom. The molecule has 2 rings (SSSR count). The first-order valence-corrected chi connectivity index (χ1v) is 8.03. The fourth-order valence-electron chi connectivity index (χ4n) is 1.87. The van der Waals surface area contributed by atoms with Crippen molar-refractivity contribution in [2.45, 2.75) is 32.6 Å². The molecule has 0 radical (unpaired) electrons. The van der Waals surface area contributed by atoms with Crippen LogP contribution in [0.3, 0.4) is 0 Å². The standard InChI is InChI=1S/C13H14I2N2O2/c1-4-5-9(13-12(15)8(3)17-19-13)6-10-11(14)7(2)16-18-10/h4,9H,1,5-6H2,2-3H3/t9-/m0/s1. The quantitative estimate of drug-likeness (QED) is 0.467. The van der Waals surface area contributed by atoms with Crippen molar-refractivity contribution in [1.82, 2.24) is 10.3 Å². The van der Waals surface area contributed by atoms with Crippen LogP contribution in [0.25, 0.3) is 0 Å². The Morgan fingerprint density at radius 1 is 1.16 bits per heavy atom. The fourth-order valence-corrected chi connectivity index (χ4v) is 2.92. The van der Waals surface area contributed by atoms with E-state index in [2.05, 4.69) is 62.1 Å². The van der Waals surface area contributed by atoms with Gasteiger partial charge in [-0.1, -0.05) is 16.4 Å². The largest absolute Gasteiger partial charge is 0.360 e. The second kappa shape index (κ2) is 6.38. The minimum atomic E-state index is 0.187. The zero-order valence-electron chi connectivity index (χ0n) is 10.7. The third-order valence-corrected chi connectivity index (χ3v) is 5.62. The molecule has 0 bridgehead atoms. The van der Waals surface area contributed by atoms with Crippen LogP contribution < -0.4 is 0 Å². The summed E-state index contributed by atoms with van der Waals surface area (Å²) in [7, 11) is 0. The van der Waals surface area contributed by atoms with E-state index in [0.717, 1.165) is 42.9 Å². The molecular formula is C13H14I2N2O2. The van der Waals surface area contributed by atoms with Crippen LogP contribution in [-0.2, 0) is 6.42 Å². The third kappa shape index (κ3) is 3.21. The van der Waals surface area contributed by atoms with Crippen molar-refractivity contribution in [3.05, 3.63) is 42.7 Å². The molecular weight excluding hydrogens is 470 g/mol. The van der Waals surface area contributed by atoms with Crippen molar-refractivity contribution in [1.29, 1.82) is 0 Å². The van der Waals surface area contributed by atoms with Crippen molar-refractivity contribution in [2.24, 2.45) is 0 Å². The summed E-state index contributed by atoms with van der Waals surface area (Å²) in [5.74, 6) is 1.99. The summed E-state index contributed by atoms with van der Waals surface area (Å²) < 4.78 is 13.0. The van der Waals surface area contributed by atoms with Gasteiger partial charge in [-0.25, -0.2) is 0 Å². The molecule has 0 N–H and O–H groups in total. The molecule has 0 saturated heterocycles. The Hall–Kier alpha value is -0.380. The Labute approximate surface area is 139 Å². The Balaban J connectivity index is 2.28. The zero-order valence-corrected chi connectivity index (χ0v) is 15.1. The lowest BCUT2D eigenvalue weighted by molar-refractivity contribution is 0.331. The van der Waals surface area contributed by atoms with Crippen LogP contribution in [0.1, 0.15) is 35.2 Å². The summed E-state index contributed by atoms with van der Waals surface area (Å²) in [6.45, 7) is 7.71. The van der Waals surface area contributed by atoms with Crippen LogP contribution in [0.2, 0.25) is 0 Å². The van der Waals surface area contributed by atoms with Gasteiger partial charge in [0.25, 0.3) is 0 Å². The lowest BCUT2D eigenvalue weighted by Crippen LogP contribution is -2.03. The van der Waals surface area contributed by atoms with Gasteiger partial charge in [0.05, 0.1) is 18.5 Å². The molecule has 0 aliphatic rings. The first kappa shape index (κ1) is 15.0. The molecule has 0 saturated carbocycles. The summed E-state index contributed by atoms with van der Waals surface area (Å²) in [4.78, 5) is 0. The normalized spacial score (nSPS) is 12.6. The molecule has 0 unspecified atom stereocenters. The van der Waals surface area contributed by atoms with Crippen molar-refractivity contribution >= 4 is 45.2 Å². The van der Waals surface area contributed by atoms with Crippen LogP contribution in [0.5, 0.6) is 0 Å². The molecule has 4 nitrogen and oxygen atoms in total. The first-order valence-electron chi connectivity index (χ1n) is 5.87. The second-order valence-electron chi connectivity index (χ2n) is 4.38. The van der Waals surface area contributed by atoms with Crippen LogP contribution in [0, 0.1) is 21.0 Å². The van der Waals surface area contributed by atoms with E-state index >= 15 is 0 Å². The second-order valence-corrected chi connectivity index (χ2v) is 6.53. The number of hydrogen-bond acceptors (Lipinski definition) is 4. The minimum Gasteiger partial charge on any atom is -0.360 e. The van der Waals surface area contributed by atoms with Gasteiger partial charge in [0.1, 0.15) is 0 Å². The van der Waals surface area contributed by atoms with E-state index in [9.17, 15) is 0 Å². The van der Waals surface area contributed by atoms with Crippen LogP contribution in [0.15, 0.2) is 21.7 Å². The van der Waals surface area contributed by atoms with E-state index in [0.29, 0.717) is 0 Å². The Bertz CT molecular complexity index is 589. The molecule has 19 heavy (non-hydrogen) atoms. The van der Waals surface area contributed by atoms with Crippen molar-refractivity contribution in [3.63, 3.8) is 0 Å². The first-order chi connectivity index (χ1) is 9.04. The Kier molecular flexibility index (Phi) is 5.04. The van der Waals surface area contributed by atoms with E-state index < -0.39 is 0 Å². The molecule has 2 heterocycles. The summed E-state index contributed by atoms with van der Waals surface area (Å²) in [6.07, 6.45) is 3.46. The van der Waals surface area contributed by atoms with Gasteiger partial charge in [0, 0.05) is 12.3 Å². The molecule has 102 valence electrons. The molecule has 0 amide bonds. The average molecular weight is 484 g/mol. The van der Waals surface area contributed by atoms with E-state index in [1.165, 1.54) is 0 Å². The van der Waals surface area contributed by atoms with E-state index in [4.69, 9.17) is 9.05 Å². The number of allylic oxidation sites excluding steroid dienone is 1. The third-order valence-electron chi connectivity index (χ3n) is 2.92. The number of hydrogen-bond donors (Lipinski definition) is 0. The number of halogens is 2. The molecule has 0 aliphatic carbocycles. The average Bonchev–Trinajstić information content (AvgIpc) is 2.87. The maximum Gasteiger partial charge on any atom is 0.154 e. The highest BCUT2D eigenvalue weighted by molar-refractivity contribution is 14.1. The van der Waals surface area contributed by atoms with E-state index in [-0.39, 0.29) is 5.92 Å². The maximum atomic E-state index is 5.46. The minimum absolute atomic E-state index is 0.187. The number of aromatic nitrogens is 2. The highest BCUT2D eigenvalue weighted by Crippen LogP contribution is 2.31. The van der Waals surface area contributed by atoms with Crippen LogP contribution >= 0.6 is 45.2 Å². The van der Waals surface area contributed by atoms with Crippen molar-refractivity contribution < 1.29 is 9.05 Å². The number of nitrogens with zero attached hydrogens (tertiary/aromatic N) is 2. The molecule has 0 aromatic carbocycles. The smallest absolute Gasteiger partial charge is 0.154 e. The molecule has 1 atom stereocenters. The van der Waals surface area contributed by atoms with Gasteiger partial charge in [-0.3, -0.25) is 0 Å². The highest BCUT2D eigenvalue weighted by atomic mass is 127. The molecule has 6 heteroatoms. The molecule has 0 spiro atoms. The van der Waals surface area contributed by atoms with Crippen molar-refractivity contribution in [2.75, 3.05) is 0 Å². The lowest BCUT2D eigenvalue weighted by atomic mass is 9.96. The predicted molar refractivity (Wildman–Crippen MR) is 89.2 cm³/mol. The maximum absolute atomic E-state index is 5.46. The van der Waals surface area contributed by atoms with Crippen molar-refractivity contribution in [3.8, 4) is 0 Å². The number of aryl methyl sites for hydroxylation is 2. The topological polar surface area (TPSA) is 52.1 Å². The SMILES string of the molecule is C=CC[C@@H](Cc1onc(C)c1I)c1onc(C)c1I. The van der Waals surface area contributed by atoms with Gasteiger partial charge < -0.3 is 9.05 Å². The van der Waals surface area contributed by atoms with E-state index in [1.807, 2.05) is 19.9 Å². The van der Waals surface area contributed by atoms with Gasteiger partial charge in [0.2, 0.25) is 0 Å². The van der Waals surface area contributed by atoms with Crippen LogP contribution in [0.4, 0.5) is 0 Å². The summed E-state index contributed by atoms with van der Waals surface area (Å²) in [6, 6.07) is 0. The molecule has 2 aromatic heterocycles.